The number of phenolic OH excluding ortho intramolecular Hbond substituents is 1. The van der Waals surface area contributed by atoms with Crippen molar-refractivity contribution in [3.05, 3.63) is 192 Å². The Kier molecular flexibility index (Phi) is 11.6. The lowest BCUT2D eigenvalue weighted by Crippen LogP contribution is -2.17. The van der Waals surface area contributed by atoms with Gasteiger partial charge < -0.3 is 5.11 Å². The molecule has 2 aliphatic rings. The van der Waals surface area contributed by atoms with Gasteiger partial charge in [0.15, 0.2) is 0 Å². The Morgan fingerprint density at radius 3 is 1.79 bits per heavy atom. The van der Waals surface area contributed by atoms with Gasteiger partial charge in [-0.1, -0.05) is 202 Å². The minimum Gasteiger partial charge on any atom is -0.507 e. The van der Waals surface area contributed by atoms with Crippen LogP contribution in [0.5, 0.6) is 5.75 Å². The summed E-state index contributed by atoms with van der Waals surface area (Å²) in [5.41, 5.74) is 15.3. The van der Waals surface area contributed by atoms with Crippen molar-refractivity contribution in [2.75, 3.05) is 0 Å². The van der Waals surface area contributed by atoms with Crippen molar-refractivity contribution in [1.29, 1.82) is 0 Å². The molecule has 362 valence electrons. The Morgan fingerprint density at radius 1 is 0.514 bits per heavy atom. The van der Waals surface area contributed by atoms with E-state index < -0.39 is 18.2 Å². The molecule has 2 saturated carbocycles. The number of nitrogens with zero attached hydrogens (tertiary/aromatic N) is 3. The number of aromatic hydroxyl groups is 1. The van der Waals surface area contributed by atoms with E-state index in [2.05, 4.69) is 149 Å². The lowest BCUT2D eigenvalue weighted by Gasteiger charge is -2.27. The second kappa shape index (κ2) is 19.5. The number of imidazole rings is 1. The van der Waals surface area contributed by atoms with E-state index in [1.165, 1.54) is 0 Å². The van der Waals surface area contributed by atoms with Crippen LogP contribution in [0.4, 0.5) is 0 Å². The molecule has 0 amide bonds. The normalized spacial score (nSPS) is 15.9. The summed E-state index contributed by atoms with van der Waals surface area (Å²) in [6.45, 7) is 13.0. The van der Waals surface area contributed by atoms with E-state index in [0.29, 0.717) is 17.0 Å². The molecule has 0 unspecified atom stereocenters. The number of fused-ring (bicyclic) bond motifs is 1. The smallest absolute Gasteiger partial charge is 0.149 e. The molecule has 11 rings (SSSR count). The van der Waals surface area contributed by atoms with Gasteiger partial charge in [0.25, 0.3) is 0 Å². The van der Waals surface area contributed by atoms with Crippen LogP contribution in [-0.4, -0.2) is 19.6 Å². The molecular formula is C68H69N3O. The number of aromatic nitrogens is 3. The monoisotopic (exact) mass is 948 g/mol. The molecule has 9 aromatic rings. The summed E-state index contributed by atoms with van der Waals surface area (Å²) in [5.74, 6) is 0.782. The van der Waals surface area contributed by atoms with Crippen LogP contribution in [-0.2, 0) is 23.6 Å². The molecule has 2 aromatic heterocycles. The van der Waals surface area contributed by atoms with Gasteiger partial charge in [-0.3, -0.25) is 9.55 Å². The summed E-state index contributed by atoms with van der Waals surface area (Å²) >= 11 is 0. The van der Waals surface area contributed by atoms with Gasteiger partial charge in [-0.15, -0.1) is 0 Å². The molecule has 0 radical (unpaired) electrons. The highest BCUT2D eigenvalue weighted by Gasteiger charge is 2.30. The summed E-state index contributed by atoms with van der Waals surface area (Å²) in [4.78, 5) is 10.7. The fourth-order valence-electron chi connectivity index (χ4n) is 11.1. The summed E-state index contributed by atoms with van der Waals surface area (Å²) in [6, 6.07) is 56.2. The third-order valence-corrected chi connectivity index (χ3v) is 15.1. The fraction of sp³-hybridized carbons (Fsp3) is 0.294. The van der Waals surface area contributed by atoms with Crippen LogP contribution in [0.25, 0.3) is 83.9 Å². The maximum Gasteiger partial charge on any atom is 0.149 e. The predicted molar refractivity (Wildman–Crippen MR) is 302 cm³/mol. The molecule has 7 aromatic carbocycles. The van der Waals surface area contributed by atoms with Crippen LogP contribution in [0.2, 0.25) is 0 Å². The minimum atomic E-state index is -1.51. The quantitative estimate of drug-likeness (QED) is 0.141. The van der Waals surface area contributed by atoms with E-state index >= 15 is 0 Å². The molecule has 0 spiro atoms. The Hall–Kier alpha value is -7.04. The highest BCUT2D eigenvalue weighted by molar-refractivity contribution is 5.98. The molecule has 2 heterocycles. The van der Waals surface area contributed by atoms with E-state index in [-0.39, 0.29) is 23.0 Å². The molecule has 0 atom stereocenters. The highest BCUT2D eigenvalue weighted by Crippen LogP contribution is 2.46. The van der Waals surface area contributed by atoms with Crippen LogP contribution < -0.4 is 0 Å². The van der Waals surface area contributed by atoms with Crippen molar-refractivity contribution in [3.63, 3.8) is 0 Å². The third-order valence-electron chi connectivity index (χ3n) is 15.1. The first-order chi connectivity index (χ1) is 36.4. The van der Waals surface area contributed by atoms with Gasteiger partial charge in [-0.2, -0.15) is 0 Å². The molecule has 0 aliphatic heterocycles. The van der Waals surface area contributed by atoms with Crippen LogP contribution >= 0.6 is 0 Å². The summed E-state index contributed by atoms with van der Waals surface area (Å²) in [7, 11) is 0. The number of para-hydroxylation sites is 1. The third kappa shape index (κ3) is 9.69. The van der Waals surface area contributed by atoms with Gasteiger partial charge >= 0.3 is 0 Å². The lowest BCUT2D eigenvalue weighted by molar-refractivity contribution is 0.446. The van der Waals surface area contributed by atoms with Gasteiger partial charge in [-0.05, 0) is 140 Å². The summed E-state index contributed by atoms with van der Waals surface area (Å²) in [6.07, 6.45) is 6.87. The van der Waals surface area contributed by atoms with Gasteiger partial charge in [0.05, 0.1) is 28.0 Å². The molecule has 4 nitrogen and oxygen atoms in total. The van der Waals surface area contributed by atoms with Crippen LogP contribution in [0.1, 0.15) is 121 Å². The minimum absolute atomic E-state index is 0.0508. The number of hydrogen-bond acceptors (Lipinski definition) is 3. The maximum atomic E-state index is 12.7. The zero-order valence-electron chi connectivity index (χ0n) is 46.8. The van der Waals surface area contributed by atoms with Gasteiger partial charge in [0, 0.05) is 33.9 Å². The average Bonchev–Trinajstić information content (AvgIpc) is 4.33. The molecule has 2 fully saturated rings. The summed E-state index contributed by atoms with van der Waals surface area (Å²) in [5, 5.41) is 12.7. The molecule has 0 saturated heterocycles. The average molecular weight is 948 g/mol. The highest BCUT2D eigenvalue weighted by atomic mass is 16.3. The van der Waals surface area contributed by atoms with E-state index in [1.54, 1.807) is 0 Å². The van der Waals surface area contributed by atoms with Crippen molar-refractivity contribution in [3.8, 4) is 78.6 Å². The van der Waals surface area contributed by atoms with Gasteiger partial charge in [0.1, 0.15) is 11.6 Å². The van der Waals surface area contributed by atoms with E-state index in [1.807, 2.05) is 66.9 Å². The molecule has 2 aliphatic carbocycles. The Morgan fingerprint density at radius 2 is 1.12 bits per heavy atom. The van der Waals surface area contributed by atoms with E-state index in [4.69, 9.17) is 12.7 Å². The number of phenols is 1. The topological polar surface area (TPSA) is 50.9 Å². The van der Waals surface area contributed by atoms with Gasteiger partial charge in [0.2, 0.25) is 0 Å². The van der Waals surface area contributed by atoms with Crippen molar-refractivity contribution >= 4 is 11.0 Å². The Labute approximate surface area is 433 Å². The van der Waals surface area contributed by atoms with E-state index in [9.17, 15) is 7.85 Å². The first kappa shape index (κ1) is 42.6. The second-order valence-electron chi connectivity index (χ2n) is 22.4. The van der Waals surface area contributed by atoms with Crippen molar-refractivity contribution in [2.45, 2.75) is 116 Å². The first-order valence-corrected chi connectivity index (χ1v) is 26.2. The van der Waals surface area contributed by atoms with Crippen LogP contribution in [0.3, 0.4) is 0 Å². The Balaban J connectivity index is 1.13. The SMILES string of the molecule is [2H]C([2H])(c1ccc(-c2ccnc(-c3cc(-c4ccccc4)cc(-c4cccc5c4nc(-c4cc(C(C)(C)C)cc(C(C)(C)C)c4O)n5-c4ccc(C([2H])([2H])C5CCCC5)cc4-c4ccccc4)c3)c2)cc1)C1CCCC1. The molecule has 1 N–H and O–H groups in total. The Bertz CT molecular complexity index is 3580. The molecule has 4 heteroatoms. The van der Waals surface area contributed by atoms with Crippen LogP contribution in [0, 0.1) is 11.8 Å². The fourth-order valence-corrected chi connectivity index (χ4v) is 11.1. The predicted octanol–water partition coefficient (Wildman–Crippen LogP) is 18.2. The number of benzene rings is 7. The number of rotatable bonds is 11. The molecular weight excluding hydrogens is 875 g/mol. The van der Waals surface area contributed by atoms with Crippen LogP contribution in [0.15, 0.2) is 170 Å². The molecule has 0 bridgehead atoms. The zero-order valence-corrected chi connectivity index (χ0v) is 42.8. The van der Waals surface area contributed by atoms with E-state index in [0.717, 1.165) is 141 Å². The second-order valence-corrected chi connectivity index (χ2v) is 22.4. The first-order valence-electron chi connectivity index (χ1n) is 28.2. The zero-order chi connectivity index (χ0) is 53.1. The maximum absolute atomic E-state index is 12.7. The summed E-state index contributed by atoms with van der Waals surface area (Å²) < 4.78 is 39.3. The standard InChI is InChI=1S/C68H69N3O/c1-67(2,3)56-43-59(65(72)60(44-56)68(4,5)6)66-70-64-57(26-17-27-63(64)71(66)62-33-30-48(37-46-20-15-16-21-46)38-58(62)51-24-11-8-12-25-51)54-39-53(49-22-9-7-10-23-49)40-55(41-54)61-42-52(34-35-69-61)50-31-28-47(29-32-50)36-45-18-13-14-19-45/h7-12,17,22-35,38-46,72H,13-16,18-21,36-37H2,1-6H3/i36D2,37D2. The van der Waals surface area contributed by atoms with Crippen molar-refractivity contribution < 1.29 is 10.6 Å². The number of pyridine rings is 1. The van der Waals surface area contributed by atoms with Gasteiger partial charge in [-0.25, -0.2) is 4.98 Å². The van der Waals surface area contributed by atoms with Crippen molar-refractivity contribution in [2.24, 2.45) is 11.8 Å². The lowest BCUT2D eigenvalue weighted by atomic mass is 9.79. The number of hydrogen-bond donors (Lipinski definition) is 1. The largest absolute Gasteiger partial charge is 0.507 e. The van der Waals surface area contributed by atoms with Crippen molar-refractivity contribution in [1.82, 2.24) is 14.5 Å². The molecule has 72 heavy (non-hydrogen) atoms.